The van der Waals surface area contributed by atoms with Crippen LogP contribution in [0.15, 0.2) is 65.1 Å². The topological polar surface area (TPSA) is 85.6 Å². The third-order valence-electron chi connectivity index (χ3n) is 5.20. The molecule has 9 heteroatoms. The molecule has 7 nitrogen and oxygen atoms in total. The number of aromatic nitrogens is 5. The minimum absolute atomic E-state index is 0.118. The summed E-state index contributed by atoms with van der Waals surface area (Å²) in [5, 5.41) is 15.3. The summed E-state index contributed by atoms with van der Waals surface area (Å²) in [6, 6.07) is 17.9. The SMILES string of the molecule is CC[C@H](Sc1nnc2c3ccccc3n(C)c2n1)C(=O)Nc1nc(-c2ccccc2)cs1. The molecular formula is C23H20N6OS2. The number of nitrogens with zero attached hydrogens (tertiary/aromatic N) is 5. The van der Waals surface area contributed by atoms with Crippen molar-refractivity contribution in [3.05, 3.63) is 60.0 Å². The van der Waals surface area contributed by atoms with Gasteiger partial charge in [-0.25, -0.2) is 9.97 Å². The summed E-state index contributed by atoms with van der Waals surface area (Å²) < 4.78 is 2.01. The number of hydrogen-bond acceptors (Lipinski definition) is 7. The molecule has 0 radical (unpaired) electrons. The number of hydrogen-bond donors (Lipinski definition) is 1. The van der Waals surface area contributed by atoms with Crippen LogP contribution in [0.4, 0.5) is 5.13 Å². The molecule has 32 heavy (non-hydrogen) atoms. The third kappa shape index (κ3) is 3.85. The van der Waals surface area contributed by atoms with Crippen LogP contribution in [0.3, 0.4) is 0 Å². The lowest BCUT2D eigenvalue weighted by molar-refractivity contribution is -0.115. The number of benzene rings is 2. The van der Waals surface area contributed by atoms with Gasteiger partial charge in [-0.1, -0.05) is 67.2 Å². The number of amides is 1. The number of nitrogens with one attached hydrogen (secondary N) is 1. The number of aryl methyl sites for hydroxylation is 1. The molecule has 0 unspecified atom stereocenters. The van der Waals surface area contributed by atoms with Gasteiger partial charge in [0.05, 0.1) is 16.5 Å². The maximum Gasteiger partial charge on any atom is 0.239 e. The molecule has 0 bridgehead atoms. The number of fused-ring (bicyclic) bond motifs is 3. The first-order chi connectivity index (χ1) is 15.6. The standard InChI is InChI=1S/C23H20N6OS2/c1-3-18(21(30)26-22-24-16(13-31-22)14-9-5-4-6-10-14)32-23-25-20-19(27-28-23)15-11-7-8-12-17(15)29(20)2/h4-13,18H,3H2,1-2H3,(H,24,26,30)/t18-/m0/s1. The Kier molecular flexibility index (Phi) is 5.59. The second-order valence-corrected chi connectivity index (χ2v) is 9.28. The Labute approximate surface area is 192 Å². The zero-order valence-corrected chi connectivity index (χ0v) is 19.2. The van der Waals surface area contributed by atoms with E-state index in [1.54, 1.807) is 0 Å². The van der Waals surface area contributed by atoms with Crippen molar-refractivity contribution in [3.63, 3.8) is 0 Å². The second kappa shape index (κ2) is 8.68. The Morgan fingerprint density at radius 1 is 1.09 bits per heavy atom. The van der Waals surface area contributed by atoms with E-state index >= 15 is 0 Å². The van der Waals surface area contributed by atoms with Crippen molar-refractivity contribution in [1.82, 2.24) is 24.7 Å². The van der Waals surface area contributed by atoms with Crippen LogP contribution in [0.5, 0.6) is 0 Å². The molecule has 5 rings (SSSR count). The van der Waals surface area contributed by atoms with Gasteiger partial charge in [-0.3, -0.25) is 4.79 Å². The Hall–Kier alpha value is -3.30. The van der Waals surface area contributed by atoms with Crippen molar-refractivity contribution in [2.45, 2.75) is 23.8 Å². The highest BCUT2D eigenvalue weighted by molar-refractivity contribution is 8.00. The zero-order valence-electron chi connectivity index (χ0n) is 17.5. The molecule has 1 N–H and O–H groups in total. The number of carbonyl (C=O) groups excluding carboxylic acids is 1. The molecule has 0 saturated heterocycles. The Morgan fingerprint density at radius 2 is 1.88 bits per heavy atom. The highest BCUT2D eigenvalue weighted by Crippen LogP contribution is 2.29. The number of carbonyl (C=O) groups is 1. The number of anilines is 1. The van der Waals surface area contributed by atoms with Crippen molar-refractivity contribution < 1.29 is 4.79 Å². The molecule has 0 fully saturated rings. The van der Waals surface area contributed by atoms with Gasteiger partial charge < -0.3 is 9.88 Å². The number of rotatable bonds is 6. The Bertz CT molecular complexity index is 1410. The molecule has 160 valence electrons. The van der Waals surface area contributed by atoms with E-state index in [1.165, 1.54) is 23.1 Å². The molecule has 0 spiro atoms. The van der Waals surface area contributed by atoms with Crippen LogP contribution in [0, 0.1) is 0 Å². The quantitative estimate of drug-likeness (QED) is 0.353. The summed E-state index contributed by atoms with van der Waals surface area (Å²) in [6.45, 7) is 1.97. The van der Waals surface area contributed by atoms with Gasteiger partial charge in [-0.05, 0) is 12.5 Å². The van der Waals surface area contributed by atoms with Gasteiger partial charge in [-0.2, -0.15) is 0 Å². The van der Waals surface area contributed by atoms with Crippen LogP contribution in [0.2, 0.25) is 0 Å². The van der Waals surface area contributed by atoms with Crippen LogP contribution >= 0.6 is 23.1 Å². The molecule has 3 heterocycles. The summed E-state index contributed by atoms with van der Waals surface area (Å²) >= 11 is 2.73. The molecule has 5 aromatic rings. The average Bonchev–Trinajstić information content (AvgIpc) is 3.41. The maximum atomic E-state index is 12.9. The molecule has 1 amide bonds. The fraction of sp³-hybridized carbons (Fsp3) is 0.174. The molecule has 0 aliphatic rings. The van der Waals surface area contributed by atoms with Crippen molar-refractivity contribution >= 4 is 56.2 Å². The van der Waals surface area contributed by atoms with Crippen molar-refractivity contribution in [2.24, 2.45) is 7.05 Å². The van der Waals surface area contributed by atoms with E-state index in [2.05, 4.69) is 20.5 Å². The van der Waals surface area contributed by atoms with Gasteiger partial charge in [0.1, 0.15) is 5.52 Å². The monoisotopic (exact) mass is 460 g/mol. The molecule has 0 saturated carbocycles. The summed E-state index contributed by atoms with van der Waals surface area (Å²) in [5.74, 6) is -0.118. The molecule has 0 aliphatic heterocycles. The lowest BCUT2D eigenvalue weighted by atomic mass is 10.2. The lowest BCUT2D eigenvalue weighted by Crippen LogP contribution is -2.24. The first kappa shape index (κ1) is 20.6. The van der Waals surface area contributed by atoms with E-state index in [1.807, 2.05) is 78.5 Å². The van der Waals surface area contributed by atoms with Crippen molar-refractivity contribution in [2.75, 3.05) is 5.32 Å². The van der Waals surface area contributed by atoms with Crippen LogP contribution in [0.1, 0.15) is 13.3 Å². The third-order valence-corrected chi connectivity index (χ3v) is 7.18. The predicted molar refractivity (Wildman–Crippen MR) is 130 cm³/mol. The van der Waals surface area contributed by atoms with Gasteiger partial charge >= 0.3 is 0 Å². The first-order valence-electron chi connectivity index (χ1n) is 10.2. The van der Waals surface area contributed by atoms with Crippen LogP contribution < -0.4 is 5.32 Å². The second-order valence-electron chi connectivity index (χ2n) is 7.25. The van der Waals surface area contributed by atoms with E-state index in [-0.39, 0.29) is 11.2 Å². The van der Waals surface area contributed by atoms with Gasteiger partial charge in [0.25, 0.3) is 0 Å². The average molecular weight is 461 g/mol. The highest BCUT2D eigenvalue weighted by Gasteiger charge is 2.22. The smallest absolute Gasteiger partial charge is 0.239 e. The number of thioether (sulfide) groups is 1. The predicted octanol–water partition coefficient (Wildman–Crippen LogP) is 5.15. The summed E-state index contributed by atoms with van der Waals surface area (Å²) in [6.07, 6.45) is 0.629. The lowest BCUT2D eigenvalue weighted by Gasteiger charge is -2.12. The zero-order chi connectivity index (χ0) is 22.1. The normalized spacial score (nSPS) is 12.3. The molecule has 2 aromatic carbocycles. The highest BCUT2D eigenvalue weighted by atomic mass is 32.2. The van der Waals surface area contributed by atoms with Gasteiger partial charge in [-0.15, -0.1) is 21.5 Å². The minimum Gasteiger partial charge on any atom is -0.327 e. The summed E-state index contributed by atoms with van der Waals surface area (Å²) in [7, 11) is 1.96. The maximum absolute atomic E-state index is 12.9. The van der Waals surface area contributed by atoms with E-state index < -0.39 is 0 Å². The van der Waals surface area contributed by atoms with Gasteiger partial charge in [0.15, 0.2) is 10.8 Å². The largest absolute Gasteiger partial charge is 0.327 e. The van der Waals surface area contributed by atoms with Gasteiger partial charge in [0.2, 0.25) is 11.1 Å². The fourth-order valence-electron chi connectivity index (χ4n) is 3.55. The molecular weight excluding hydrogens is 440 g/mol. The molecule has 0 aliphatic carbocycles. The molecule has 1 atom stereocenters. The van der Waals surface area contributed by atoms with Crippen LogP contribution in [-0.4, -0.2) is 35.9 Å². The van der Waals surface area contributed by atoms with E-state index in [0.29, 0.717) is 16.7 Å². The minimum atomic E-state index is -0.354. The molecule has 3 aromatic heterocycles. The fourth-order valence-corrected chi connectivity index (χ4v) is 5.09. The van der Waals surface area contributed by atoms with E-state index in [0.717, 1.165) is 33.3 Å². The summed E-state index contributed by atoms with van der Waals surface area (Å²) in [5.41, 5.74) is 4.44. The van der Waals surface area contributed by atoms with Gasteiger partial charge in [0, 0.05) is 23.4 Å². The Morgan fingerprint density at radius 3 is 2.69 bits per heavy atom. The van der Waals surface area contributed by atoms with Crippen molar-refractivity contribution in [1.29, 1.82) is 0 Å². The number of thiazole rings is 1. The van der Waals surface area contributed by atoms with Crippen molar-refractivity contribution in [3.8, 4) is 11.3 Å². The van der Waals surface area contributed by atoms with Crippen LogP contribution in [0.25, 0.3) is 33.3 Å². The van der Waals surface area contributed by atoms with Crippen LogP contribution in [-0.2, 0) is 11.8 Å². The summed E-state index contributed by atoms with van der Waals surface area (Å²) in [4.78, 5) is 22.2. The van der Waals surface area contributed by atoms with E-state index in [9.17, 15) is 4.79 Å². The van der Waals surface area contributed by atoms with E-state index in [4.69, 9.17) is 4.98 Å². The number of para-hydroxylation sites is 1. The Balaban J connectivity index is 1.34. The first-order valence-corrected chi connectivity index (χ1v) is 12.0.